The van der Waals surface area contributed by atoms with Gasteiger partial charge in [-0.15, -0.1) is 0 Å². The number of fused-ring (bicyclic) bond motifs is 1. The van der Waals surface area contributed by atoms with Crippen molar-refractivity contribution in [2.24, 2.45) is 0 Å². The number of rotatable bonds is 4. The number of phenols is 1. The summed E-state index contributed by atoms with van der Waals surface area (Å²) in [4.78, 5) is 17.2. The number of aryl methyl sites for hydroxylation is 1. The van der Waals surface area contributed by atoms with Crippen LogP contribution in [0.25, 0.3) is 10.8 Å². The van der Waals surface area contributed by atoms with Crippen molar-refractivity contribution in [1.29, 1.82) is 5.26 Å². The first-order valence-electron chi connectivity index (χ1n) is 10.7. The maximum atomic E-state index is 12.8. The normalized spacial score (nSPS) is 14.3. The van der Waals surface area contributed by atoms with Crippen molar-refractivity contribution < 1.29 is 9.90 Å². The molecule has 2 N–H and O–H groups in total. The molecule has 1 heterocycles. The first-order chi connectivity index (χ1) is 15.5. The van der Waals surface area contributed by atoms with Crippen molar-refractivity contribution in [1.82, 2.24) is 4.90 Å². The smallest absolute Gasteiger partial charge is 0.267 e. The van der Waals surface area contributed by atoms with Crippen LogP contribution in [0, 0.1) is 25.2 Å². The minimum atomic E-state index is -0.458. The zero-order valence-corrected chi connectivity index (χ0v) is 18.3. The fourth-order valence-electron chi connectivity index (χ4n) is 4.08. The first kappa shape index (κ1) is 21.3. The predicted molar refractivity (Wildman–Crippen MR) is 128 cm³/mol. The molecule has 0 atom stereocenters. The Hall–Kier alpha value is -3.98. The van der Waals surface area contributed by atoms with Crippen LogP contribution in [0.4, 0.5) is 11.4 Å². The highest BCUT2D eigenvalue weighted by Gasteiger charge is 2.19. The van der Waals surface area contributed by atoms with Crippen LogP contribution in [-0.2, 0) is 4.79 Å². The molecular formula is C26H26N4O2. The Bertz CT molecular complexity index is 1230. The second kappa shape index (κ2) is 9.03. The number of phenolic OH excluding ortho intramolecular Hbond substituents is 1. The molecule has 0 spiro atoms. The maximum Gasteiger partial charge on any atom is 0.267 e. The van der Waals surface area contributed by atoms with Gasteiger partial charge in [0.1, 0.15) is 17.4 Å². The number of amides is 1. The lowest BCUT2D eigenvalue weighted by Gasteiger charge is -2.36. The maximum absolute atomic E-state index is 12.8. The van der Waals surface area contributed by atoms with Crippen molar-refractivity contribution >= 4 is 28.1 Å². The van der Waals surface area contributed by atoms with Crippen LogP contribution in [-0.4, -0.2) is 42.1 Å². The van der Waals surface area contributed by atoms with Crippen LogP contribution < -0.4 is 10.2 Å². The Kier molecular flexibility index (Phi) is 6.00. The molecule has 1 fully saturated rings. The first-order valence-corrected chi connectivity index (χ1v) is 10.7. The molecule has 0 aromatic heterocycles. The summed E-state index contributed by atoms with van der Waals surface area (Å²) < 4.78 is 0. The van der Waals surface area contributed by atoms with Gasteiger partial charge in [-0.1, -0.05) is 36.4 Å². The molecule has 1 aliphatic heterocycles. The van der Waals surface area contributed by atoms with E-state index in [0.29, 0.717) is 11.1 Å². The number of aromatic hydroxyl groups is 1. The second-order valence-corrected chi connectivity index (χ2v) is 8.03. The van der Waals surface area contributed by atoms with E-state index in [0.717, 1.165) is 31.6 Å². The minimum absolute atomic E-state index is 0.0577. The van der Waals surface area contributed by atoms with E-state index in [1.807, 2.05) is 17.0 Å². The number of carbonyl (C=O) groups excluding carboxylic acids is 1. The molecule has 6 heteroatoms. The van der Waals surface area contributed by atoms with Crippen molar-refractivity contribution in [3.05, 3.63) is 77.5 Å². The van der Waals surface area contributed by atoms with Gasteiger partial charge in [0.15, 0.2) is 0 Å². The molecule has 3 aromatic carbocycles. The third kappa shape index (κ3) is 4.23. The molecule has 3 aromatic rings. The average molecular weight is 427 g/mol. The average Bonchev–Trinajstić information content (AvgIpc) is 2.80. The molecule has 32 heavy (non-hydrogen) atoms. The number of piperazine rings is 1. The highest BCUT2D eigenvalue weighted by Crippen LogP contribution is 2.30. The Morgan fingerprint density at radius 2 is 1.69 bits per heavy atom. The standard InChI is InChI=1S/C26H26N4O2/c1-18-6-3-10-24(19(18)2)30-14-12-29(13-15-30)17-20(16-27)26(32)28-23-9-4-8-22-21(23)7-5-11-25(22)31/h3-11,17,31H,12-15H2,1-2H3,(H,28,32)/b20-17-. The molecule has 0 saturated carbocycles. The highest BCUT2D eigenvalue weighted by atomic mass is 16.3. The summed E-state index contributed by atoms with van der Waals surface area (Å²) in [5.41, 5.74) is 4.42. The molecule has 0 bridgehead atoms. The van der Waals surface area contributed by atoms with Crippen molar-refractivity contribution in [3.63, 3.8) is 0 Å². The summed E-state index contributed by atoms with van der Waals surface area (Å²) in [5.74, 6) is -0.309. The number of nitrogens with zero attached hydrogens (tertiary/aromatic N) is 3. The molecule has 6 nitrogen and oxygen atoms in total. The van der Waals surface area contributed by atoms with Gasteiger partial charge in [0.25, 0.3) is 5.91 Å². The quantitative estimate of drug-likeness (QED) is 0.480. The zero-order chi connectivity index (χ0) is 22.7. The number of carbonyl (C=O) groups is 1. The fraction of sp³-hybridized carbons (Fsp3) is 0.231. The number of anilines is 2. The largest absolute Gasteiger partial charge is 0.507 e. The van der Waals surface area contributed by atoms with Gasteiger partial charge in [-0.2, -0.15) is 5.26 Å². The third-order valence-electron chi connectivity index (χ3n) is 6.06. The van der Waals surface area contributed by atoms with Crippen LogP contribution in [0.5, 0.6) is 5.75 Å². The topological polar surface area (TPSA) is 79.6 Å². The number of nitriles is 1. The van der Waals surface area contributed by atoms with Gasteiger partial charge >= 0.3 is 0 Å². The SMILES string of the molecule is Cc1cccc(N2CCN(/C=C(/C#N)C(=O)Nc3cccc4c(O)cccc34)CC2)c1C. The number of nitrogens with one attached hydrogen (secondary N) is 1. The molecule has 1 amide bonds. The lowest BCUT2D eigenvalue weighted by molar-refractivity contribution is -0.112. The monoisotopic (exact) mass is 426 g/mol. The second-order valence-electron chi connectivity index (χ2n) is 8.03. The highest BCUT2D eigenvalue weighted by molar-refractivity contribution is 6.11. The van der Waals surface area contributed by atoms with E-state index >= 15 is 0 Å². The van der Waals surface area contributed by atoms with E-state index in [9.17, 15) is 15.2 Å². The van der Waals surface area contributed by atoms with Gasteiger partial charge in [0.2, 0.25) is 0 Å². The van der Waals surface area contributed by atoms with E-state index < -0.39 is 5.91 Å². The van der Waals surface area contributed by atoms with Crippen LogP contribution in [0.15, 0.2) is 66.4 Å². The fourth-order valence-corrected chi connectivity index (χ4v) is 4.08. The molecule has 0 aliphatic carbocycles. The third-order valence-corrected chi connectivity index (χ3v) is 6.06. The van der Waals surface area contributed by atoms with Crippen LogP contribution in [0.2, 0.25) is 0 Å². The predicted octanol–water partition coefficient (Wildman–Crippen LogP) is 4.33. The summed E-state index contributed by atoms with van der Waals surface area (Å²) in [6.45, 7) is 7.37. The summed E-state index contributed by atoms with van der Waals surface area (Å²) >= 11 is 0. The van der Waals surface area contributed by atoms with Crippen molar-refractivity contribution in [2.75, 3.05) is 36.4 Å². The van der Waals surface area contributed by atoms with Gasteiger partial charge in [-0.25, -0.2) is 0 Å². The van der Waals surface area contributed by atoms with Gasteiger partial charge in [0.05, 0.1) is 0 Å². The lowest BCUT2D eigenvalue weighted by atomic mass is 10.1. The summed E-state index contributed by atoms with van der Waals surface area (Å²) in [7, 11) is 0. The van der Waals surface area contributed by atoms with E-state index in [2.05, 4.69) is 42.3 Å². The lowest BCUT2D eigenvalue weighted by Crippen LogP contribution is -2.44. The van der Waals surface area contributed by atoms with Gasteiger partial charge in [0, 0.05) is 54.5 Å². The number of hydrogen-bond donors (Lipinski definition) is 2. The molecule has 1 saturated heterocycles. The Labute approximate surface area is 188 Å². The van der Waals surface area contributed by atoms with E-state index in [1.54, 1.807) is 36.5 Å². The Balaban J connectivity index is 1.46. The Morgan fingerprint density at radius 3 is 2.44 bits per heavy atom. The minimum Gasteiger partial charge on any atom is -0.507 e. The van der Waals surface area contributed by atoms with Crippen LogP contribution in [0.3, 0.4) is 0 Å². The summed E-state index contributed by atoms with van der Waals surface area (Å²) in [6, 6.07) is 18.8. The van der Waals surface area contributed by atoms with Crippen molar-refractivity contribution in [3.8, 4) is 11.8 Å². The molecule has 162 valence electrons. The molecular weight excluding hydrogens is 400 g/mol. The summed E-state index contributed by atoms with van der Waals surface area (Å²) in [5, 5.41) is 23.8. The van der Waals surface area contributed by atoms with Gasteiger partial charge in [-0.05, 0) is 43.2 Å². The van der Waals surface area contributed by atoms with E-state index in [1.165, 1.54) is 16.8 Å². The zero-order valence-electron chi connectivity index (χ0n) is 18.3. The number of benzene rings is 3. The van der Waals surface area contributed by atoms with Crippen molar-refractivity contribution in [2.45, 2.75) is 13.8 Å². The molecule has 4 rings (SSSR count). The molecule has 0 radical (unpaired) electrons. The van der Waals surface area contributed by atoms with E-state index in [-0.39, 0.29) is 11.3 Å². The number of hydrogen-bond acceptors (Lipinski definition) is 5. The summed E-state index contributed by atoms with van der Waals surface area (Å²) in [6.07, 6.45) is 1.65. The van der Waals surface area contributed by atoms with Crippen LogP contribution >= 0.6 is 0 Å². The molecule has 0 unspecified atom stereocenters. The Morgan fingerprint density at radius 1 is 1.00 bits per heavy atom. The molecule has 1 aliphatic rings. The van der Waals surface area contributed by atoms with Crippen LogP contribution in [0.1, 0.15) is 11.1 Å². The van der Waals surface area contributed by atoms with Gasteiger partial charge in [-0.3, -0.25) is 4.79 Å². The van der Waals surface area contributed by atoms with Gasteiger partial charge < -0.3 is 20.2 Å². The van der Waals surface area contributed by atoms with E-state index in [4.69, 9.17) is 0 Å².